The second-order valence-electron chi connectivity index (χ2n) is 0.760. The number of hydrogen-bond acceptors (Lipinski definition) is 3. The molecule has 36 valence electrons. The van der Waals surface area contributed by atoms with Gasteiger partial charge < -0.3 is 14.3 Å². The zero-order chi connectivity index (χ0) is 4.99. The zero-order valence-electron chi connectivity index (χ0n) is 4.80. The molecule has 0 aliphatic carbocycles. The van der Waals surface area contributed by atoms with E-state index in [0.29, 0.717) is 0 Å². The summed E-state index contributed by atoms with van der Waals surface area (Å²) in [5, 5.41) is 9.82. The van der Waals surface area contributed by atoms with Crippen LogP contribution in [0.25, 0.3) is 0 Å². The van der Waals surface area contributed by atoms with Crippen molar-refractivity contribution >= 4 is 7.32 Å². The van der Waals surface area contributed by atoms with Crippen LogP contribution >= 0.6 is 0 Å². The van der Waals surface area contributed by atoms with Crippen LogP contribution in [0, 0.1) is 0 Å². The molecule has 0 spiro atoms. The molecule has 0 heterocycles. The van der Waals surface area contributed by atoms with Crippen molar-refractivity contribution in [3.05, 3.63) is 0 Å². The number of rotatable bonds is 2. The predicted octanol–water partition coefficient (Wildman–Crippen LogP) is -4.37. The van der Waals surface area contributed by atoms with Crippen LogP contribution in [0.1, 0.15) is 0 Å². The molecule has 0 aromatic rings. The summed E-state index contributed by atoms with van der Waals surface area (Å²) in [6, 6.07) is 0. The first-order chi connectivity index (χ1) is 2.81. The average Bonchev–Trinajstić information content (AvgIpc) is 1.65. The van der Waals surface area contributed by atoms with Crippen molar-refractivity contribution in [3.8, 4) is 0 Å². The van der Waals surface area contributed by atoms with Gasteiger partial charge in [-0.2, -0.15) is 0 Å². The molecule has 0 aromatic heterocycles. The third kappa shape index (κ3) is 6.94. The van der Waals surface area contributed by atoms with E-state index in [1.807, 2.05) is 0 Å². The molecule has 0 amide bonds. The maximum atomic E-state index is 9.82. The Morgan fingerprint density at radius 3 is 1.57 bits per heavy atom. The van der Waals surface area contributed by atoms with E-state index in [1.165, 1.54) is 14.2 Å². The third-order valence-electron chi connectivity index (χ3n) is 0.385. The Hall–Kier alpha value is 0.945. The van der Waals surface area contributed by atoms with Gasteiger partial charge in [-0.25, -0.2) is 0 Å². The SMILES string of the molecule is COB([O-])OC.[Na+]. The van der Waals surface area contributed by atoms with Crippen LogP contribution in [0.4, 0.5) is 0 Å². The first kappa shape index (κ1) is 10.8. The molecular weight excluding hydrogens is 106 g/mol. The Morgan fingerprint density at radius 1 is 1.29 bits per heavy atom. The van der Waals surface area contributed by atoms with Gasteiger partial charge >= 0.3 is 36.9 Å². The largest absolute Gasteiger partial charge is 1.00 e. The minimum Gasteiger partial charge on any atom is -0.832 e. The van der Waals surface area contributed by atoms with Crippen molar-refractivity contribution in [2.45, 2.75) is 0 Å². The molecule has 0 radical (unpaired) electrons. The molecule has 0 saturated carbocycles. The van der Waals surface area contributed by atoms with Crippen molar-refractivity contribution in [3.63, 3.8) is 0 Å². The molecule has 0 aliphatic rings. The van der Waals surface area contributed by atoms with E-state index >= 15 is 0 Å². The Balaban J connectivity index is 0. The van der Waals surface area contributed by atoms with Gasteiger partial charge in [-0.1, -0.05) is 0 Å². The normalized spacial score (nSPS) is 7.29. The first-order valence-electron chi connectivity index (χ1n) is 1.52. The monoisotopic (exact) mass is 112 g/mol. The van der Waals surface area contributed by atoms with E-state index in [0.717, 1.165) is 0 Å². The summed E-state index contributed by atoms with van der Waals surface area (Å²) in [5.74, 6) is 0. The van der Waals surface area contributed by atoms with E-state index in [2.05, 4.69) is 9.31 Å². The van der Waals surface area contributed by atoms with Gasteiger partial charge in [0.05, 0.1) is 0 Å². The Morgan fingerprint density at radius 2 is 1.57 bits per heavy atom. The van der Waals surface area contributed by atoms with Crippen LogP contribution in [0.5, 0.6) is 0 Å². The molecule has 0 rings (SSSR count). The molecule has 0 bridgehead atoms. The molecule has 0 saturated heterocycles. The molecular formula is C2H6BNaO3. The molecule has 7 heavy (non-hydrogen) atoms. The molecule has 0 fully saturated rings. The van der Waals surface area contributed by atoms with Crippen molar-refractivity contribution in [1.82, 2.24) is 0 Å². The maximum Gasteiger partial charge on any atom is 1.00 e. The van der Waals surface area contributed by atoms with Gasteiger partial charge in [0.2, 0.25) is 0 Å². The van der Waals surface area contributed by atoms with Gasteiger partial charge in [0.25, 0.3) is 0 Å². The summed E-state index contributed by atoms with van der Waals surface area (Å²) in [7, 11) is 1.27. The van der Waals surface area contributed by atoms with Crippen LogP contribution in [-0.4, -0.2) is 21.5 Å². The summed E-state index contributed by atoms with van der Waals surface area (Å²) in [4.78, 5) is 0. The Kier molecular flexibility index (Phi) is 10.8. The van der Waals surface area contributed by atoms with Gasteiger partial charge in [0.1, 0.15) is 0 Å². The van der Waals surface area contributed by atoms with E-state index in [1.54, 1.807) is 0 Å². The minimum absolute atomic E-state index is 0. The maximum absolute atomic E-state index is 9.82. The second-order valence-corrected chi connectivity index (χ2v) is 0.760. The minimum atomic E-state index is -1.31. The van der Waals surface area contributed by atoms with Crippen LogP contribution in [0.3, 0.4) is 0 Å². The van der Waals surface area contributed by atoms with Gasteiger partial charge in [0, 0.05) is 14.2 Å². The van der Waals surface area contributed by atoms with E-state index < -0.39 is 7.32 Å². The molecule has 0 atom stereocenters. The van der Waals surface area contributed by atoms with E-state index in [-0.39, 0.29) is 29.6 Å². The van der Waals surface area contributed by atoms with Crippen molar-refractivity contribution < 1.29 is 43.9 Å². The topological polar surface area (TPSA) is 41.5 Å². The predicted molar refractivity (Wildman–Crippen MR) is 19.8 cm³/mol. The van der Waals surface area contributed by atoms with Crippen LogP contribution in [0.15, 0.2) is 0 Å². The van der Waals surface area contributed by atoms with Crippen LogP contribution in [-0.2, 0) is 9.31 Å². The van der Waals surface area contributed by atoms with Gasteiger partial charge in [-0.05, 0) is 0 Å². The zero-order valence-corrected chi connectivity index (χ0v) is 6.80. The van der Waals surface area contributed by atoms with Gasteiger partial charge in [-0.15, -0.1) is 0 Å². The van der Waals surface area contributed by atoms with Crippen molar-refractivity contribution in [2.24, 2.45) is 0 Å². The quantitative estimate of drug-likeness (QED) is 0.339. The Labute approximate surface area is 65.5 Å². The molecule has 0 aromatic carbocycles. The second kappa shape index (κ2) is 6.94. The van der Waals surface area contributed by atoms with E-state index in [9.17, 15) is 5.02 Å². The molecule has 0 aliphatic heterocycles. The smallest absolute Gasteiger partial charge is 0.832 e. The third-order valence-corrected chi connectivity index (χ3v) is 0.385. The summed E-state index contributed by atoms with van der Waals surface area (Å²) in [6.45, 7) is 0. The fourth-order valence-electron chi connectivity index (χ4n) is 0.0962. The average molecular weight is 112 g/mol. The van der Waals surface area contributed by atoms with E-state index in [4.69, 9.17) is 0 Å². The van der Waals surface area contributed by atoms with Crippen molar-refractivity contribution in [1.29, 1.82) is 0 Å². The van der Waals surface area contributed by atoms with Crippen LogP contribution < -0.4 is 34.6 Å². The summed E-state index contributed by atoms with van der Waals surface area (Å²) >= 11 is 0. The Bertz CT molecular complexity index is 32.1. The number of hydrogen-bond donors (Lipinski definition) is 0. The molecule has 5 heteroatoms. The van der Waals surface area contributed by atoms with Crippen molar-refractivity contribution in [2.75, 3.05) is 14.2 Å². The fraction of sp³-hybridized carbons (Fsp3) is 1.00. The molecule has 3 nitrogen and oxygen atoms in total. The van der Waals surface area contributed by atoms with Crippen LogP contribution in [0.2, 0.25) is 0 Å². The van der Waals surface area contributed by atoms with Gasteiger partial charge in [-0.3, -0.25) is 0 Å². The fourth-order valence-corrected chi connectivity index (χ4v) is 0.0962. The summed E-state index contributed by atoms with van der Waals surface area (Å²) in [5.41, 5.74) is 0. The summed E-state index contributed by atoms with van der Waals surface area (Å²) in [6.07, 6.45) is 0. The summed E-state index contributed by atoms with van der Waals surface area (Å²) < 4.78 is 8.24. The molecule has 0 unspecified atom stereocenters. The standard InChI is InChI=1S/C2H6BO3.Na/c1-5-3(4)6-2;/h1-2H3;/q-1;+1. The van der Waals surface area contributed by atoms with Gasteiger partial charge in [0.15, 0.2) is 0 Å². The first-order valence-corrected chi connectivity index (χ1v) is 1.52. The molecule has 0 N–H and O–H groups in total.